The zero-order chi connectivity index (χ0) is 14.9. The maximum absolute atomic E-state index is 14.0. The van der Waals surface area contributed by atoms with Crippen molar-refractivity contribution < 1.29 is 8.78 Å². The average molecular weight is 405 g/mol. The van der Waals surface area contributed by atoms with Crippen molar-refractivity contribution in [1.29, 1.82) is 0 Å². The summed E-state index contributed by atoms with van der Waals surface area (Å²) in [6, 6.07) is 7.78. The van der Waals surface area contributed by atoms with Crippen LogP contribution in [0.1, 0.15) is 22.7 Å². The van der Waals surface area contributed by atoms with Crippen molar-refractivity contribution in [1.82, 2.24) is 0 Å². The van der Waals surface area contributed by atoms with Gasteiger partial charge in [-0.3, -0.25) is 0 Å². The van der Waals surface area contributed by atoms with Gasteiger partial charge in [-0.15, -0.1) is 0 Å². The number of halogens is 4. The van der Waals surface area contributed by atoms with Gasteiger partial charge in [-0.1, -0.05) is 34.1 Å². The van der Waals surface area contributed by atoms with Gasteiger partial charge < -0.3 is 5.73 Å². The highest BCUT2D eigenvalue weighted by Crippen LogP contribution is 2.30. The fraction of sp³-hybridized carbons (Fsp3) is 0.200. The van der Waals surface area contributed by atoms with E-state index in [0.717, 1.165) is 15.6 Å². The van der Waals surface area contributed by atoms with Crippen LogP contribution in [-0.2, 0) is 6.42 Å². The minimum absolute atomic E-state index is 0.000260. The van der Waals surface area contributed by atoms with E-state index in [1.807, 2.05) is 25.1 Å². The van der Waals surface area contributed by atoms with Crippen LogP contribution < -0.4 is 5.73 Å². The van der Waals surface area contributed by atoms with Gasteiger partial charge in [0.2, 0.25) is 0 Å². The van der Waals surface area contributed by atoms with Crippen molar-refractivity contribution in [2.24, 2.45) is 5.73 Å². The smallest absolute Gasteiger partial charge is 0.143 e. The molecule has 0 spiro atoms. The molecule has 2 N–H and O–H groups in total. The van der Waals surface area contributed by atoms with E-state index < -0.39 is 17.7 Å². The summed E-state index contributed by atoms with van der Waals surface area (Å²) in [6.45, 7) is 1.95. The first-order valence-electron chi connectivity index (χ1n) is 6.04. The summed E-state index contributed by atoms with van der Waals surface area (Å²) in [4.78, 5) is 0. The van der Waals surface area contributed by atoms with Crippen LogP contribution in [0.2, 0.25) is 0 Å². The average Bonchev–Trinajstić information content (AvgIpc) is 2.42. The quantitative estimate of drug-likeness (QED) is 0.712. The Labute approximate surface area is 133 Å². The standard InChI is InChI=1S/C15H13Br2F2N/c1-8-3-2-4-9(14(8)17)13(20)7-10-12(18)6-5-11(16)15(10)19/h2-6,13H,7,20H2,1H3. The van der Waals surface area contributed by atoms with E-state index in [0.29, 0.717) is 0 Å². The first kappa shape index (κ1) is 15.6. The number of hydrogen-bond donors (Lipinski definition) is 1. The molecule has 106 valence electrons. The highest BCUT2D eigenvalue weighted by molar-refractivity contribution is 9.10. The Hall–Kier alpha value is -0.780. The van der Waals surface area contributed by atoms with Gasteiger partial charge in [-0.25, -0.2) is 8.78 Å². The molecule has 0 amide bonds. The maximum Gasteiger partial charge on any atom is 0.143 e. The fourth-order valence-corrected chi connectivity index (χ4v) is 2.97. The lowest BCUT2D eigenvalue weighted by atomic mass is 9.98. The summed E-state index contributed by atoms with van der Waals surface area (Å²) in [5.41, 5.74) is 7.98. The molecule has 0 saturated heterocycles. The van der Waals surface area contributed by atoms with E-state index in [2.05, 4.69) is 31.9 Å². The SMILES string of the molecule is Cc1cccc(C(N)Cc2c(F)ccc(Br)c2F)c1Br. The maximum atomic E-state index is 14.0. The van der Waals surface area contributed by atoms with E-state index in [1.165, 1.54) is 12.1 Å². The molecule has 0 fully saturated rings. The third-order valence-corrected chi connectivity index (χ3v) is 4.88. The Morgan fingerprint density at radius 3 is 2.55 bits per heavy atom. The van der Waals surface area contributed by atoms with Crippen molar-refractivity contribution in [3.63, 3.8) is 0 Å². The van der Waals surface area contributed by atoms with E-state index in [-0.39, 0.29) is 16.5 Å². The third kappa shape index (κ3) is 3.10. The molecule has 2 aromatic carbocycles. The second-order valence-corrected chi connectivity index (χ2v) is 6.26. The lowest BCUT2D eigenvalue weighted by molar-refractivity contribution is 0.535. The molecule has 2 rings (SSSR count). The van der Waals surface area contributed by atoms with Crippen LogP contribution in [0, 0.1) is 18.6 Å². The van der Waals surface area contributed by atoms with Gasteiger partial charge in [0.15, 0.2) is 0 Å². The molecule has 1 atom stereocenters. The van der Waals surface area contributed by atoms with Crippen LogP contribution in [0.25, 0.3) is 0 Å². The molecular formula is C15H13Br2F2N. The molecule has 0 saturated carbocycles. The first-order valence-corrected chi connectivity index (χ1v) is 7.63. The Kier molecular flexibility index (Phi) is 4.94. The Balaban J connectivity index is 2.35. The molecule has 2 aromatic rings. The zero-order valence-corrected chi connectivity index (χ0v) is 13.9. The lowest BCUT2D eigenvalue weighted by Gasteiger charge is -2.16. The van der Waals surface area contributed by atoms with Crippen molar-refractivity contribution in [3.8, 4) is 0 Å². The summed E-state index contributed by atoms with van der Waals surface area (Å²) in [5, 5.41) is 0. The van der Waals surface area contributed by atoms with Crippen LogP contribution in [0.3, 0.4) is 0 Å². The van der Waals surface area contributed by atoms with E-state index in [9.17, 15) is 8.78 Å². The molecule has 1 nitrogen and oxygen atoms in total. The van der Waals surface area contributed by atoms with Crippen molar-refractivity contribution in [2.45, 2.75) is 19.4 Å². The Morgan fingerprint density at radius 2 is 1.85 bits per heavy atom. The van der Waals surface area contributed by atoms with Crippen LogP contribution in [0.5, 0.6) is 0 Å². The molecule has 0 aliphatic carbocycles. The molecular weight excluding hydrogens is 392 g/mol. The number of aryl methyl sites for hydroxylation is 1. The first-order chi connectivity index (χ1) is 9.41. The van der Waals surface area contributed by atoms with Gasteiger partial charge in [-0.2, -0.15) is 0 Å². The Bertz CT molecular complexity index is 644. The molecule has 0 radical (unpaired) electrons. The fourth-order valence-electron chi connectivity index (χ4n) is 2.04. The molecule has 5 heteroatoms. The van der Waals surface area contributed by atoms with Gasteiger partial charge in [0.05, 0.1) is 4.47 Å². The predicted octanol–water partition coefficient (Wildman–Crippen LogP) is 5.04. The van der Waals surface area contributed by atoms with Gasteiger partial charge in [0.1, 0.15) is 11.6 Å². The summed E-state index contributed by atoms with van der Waals surface area (Å²) in [6.07, 6.45) is 0.0964. The van der Waals surface area contributed by atoms with Crippen LogP contribution in [0.4, 0.5) is 8.78 Å². The lowest BCUT2D eigenvalue weighted by Crippen LogP contribution is -2.16. The number of rotatable bonds is 3. The highest BCUT2D eigenvalue weighted by Gasteiger charge is 2.18. The second kappa shape index (κ2) is 6.33. The Morgan fingerprint density at radius 1 is 1.15 bits per heavy atom. The van der Waals surface area contributed by atoms with Gasteiger partial charge in [0, 0.05) is 16.1 Å². The molecule has 0 heterocycles. The minimum Gasteiger partial charge on any atom is -0.324 e. The van der Waals surface area contributed by atoms with Gasteiger partial charge in [0.25, 0.3) is 0 Å². The zero-order valence-electron chi connectivity index (χ0n) is 10.8. The summed E-state index contributed by atoms with van der Waals surface area (Å²) in [7, 11) is 0. The number of benzene rings is 2. The molecule has 20 heavy (non-hydrogen) atoms. The summed E-state index contributed by atoms with van der Waals surface area (Å²) >= 11 is 6.53. The molecule has 0 aromatic heterocycles. The van der Waals surface area contributed by atoms with E-state index in [4.69, 9.17) is 5.73 Å². The summed E-state index contributed by atoms with van der Waals surface area (Å²) < 4.78 is 28.8. The topological polar surface area (TPSA) is 26.0 Å². The highest BCUT2D eigenvalue weighted by atomic mass is 79.9. The molecule has 0 aliphatic rings. The van der Waals surface area contributed by atoms with Crippen molar-refractivity contribution in [2.75, 3.05) is 0 Å². The normalized spacial score (nSPS) is 12.5. The third-order valence-electron chi connectivity index (χ3n) is 3.18. The number of hydrogen-bond acceptors (Lipinski definition) is 1. The number of nitrogens with two attached hydrogens (primary N) is 1. The van der Waals surface area contributed by atoms with Gasteiger partial charge >= 0.3 is 0 Å². The second-order valence-electron chi connectivity index (χ2n) is 4.61. The van der Waals surface area contributed by atoms with E-state index >= 15 is 0 Å². The predicted molar refractivity (Wildman–Crippen MR) is 83.6 cm³/mol. The van der Waals surface area contributed by atoms with E-state index in [1.54, 1.807) is 0 Å². The van der Waals surface area contributed by atoms with Crippen molar-refractivity contribution >= 4 is 31.9 Å². The van der Waals surface area contributed by atoms with Gasteiger partial charge in [-0.05, 0) is 52.5 Å². The largest absolute Gasteiger partial charge is 0.324 e. The molecule has 1 unspecified atom stereocenters. The van der Waals surface area contributed by atoms with Crippen LogP contribution >= 0.6 is 31.9 Å². The van der Waals surface area contributed by atoms with Crippen molar-refractivity contribution in [3.05, 3.63) is 67.6 Å². The summed E-state index contributed by atoms with van der Waals surface area (Å²) in [5.74, 6) is -1.17. The minimum atomic E-state index is -0.593. The monoisotopic (exact) mass is 403 g/mol. The van der Waals surface area contributed by atoms with Crippen LogP contribution in [-0.4, -0.2) is 0 Å². The molecule has 0 bridgehead atoms. The van der Waals surface area contributed by atoms with Crippen LogP contribution in [0.15, 0.2) is 39.3 Å². The molecule has 0 aliphatic heterocycles.